The molecule has 12 heteroatoms. The maximum Gasteiger partial charge on any atom is 0.248 e. The van der Waals surface area contributed by atoms with Gasteiger partial charge in [0, 0.05) is 39.3 Å². The molecule has 3 saturated heterocycles. The lowest BCUT2D eigenvalue weighted by Gasteiger charge is -2.24. The molecule has 0 radical (unpaired) electrons. The molecule has 0 aliphatic carbocycles. The Labute approximate surface area is 232 Å². The van der Waals surface area contributed by atoms with Crippen molar-refractivity contribution in [1.82, 2.24) is 24.8 Å². The van der Waals surface area contributed by atoms with Crippen LogP contribution in [-0.4, -0.2) is 78.8 Å². The lowest BCUT2D eigenvalue weighted by molar-refractivity contribution is -0.137. The highest BCUT2D eigenvalue weighted by Gasteiger charge is 2.36. The van der Waals surface area contributed by atoms with Gasteiger partial charge in [-0.05, 0) is 61.8 Å². The van der Waals surface area contributed by atoms with Gasteiger partial charge in [-0.15, -0.1) is 0 Å². The fourth-order valence-corrected chi connectivity index (χ4v) is 6.04. The van der Waals surface area contributed by atoms with Crippen molar-refractivity contribution in [3.63, 3.8) is 0 Å². The van der Waals surface area contributed by atoms with Crippen molar-refractivity contribution in [1.29, 1.82) is 0 Å². The van der Waals surface area contributed by atoms with Crippen LogP contribution >= 0.6 is 0 Å². The number of carbonyl (C=O) groups is 4. The topological polar surface area (TPSA) is 148 Å². The first-order valence-electron chi connectivity index (χ1n) is 13.8. The zero-order valence-electron chi connectivity index (χ0n) is 22.7. The van der Waals surface area contributed by atoms with Crippen LogP contribution in [-0.2, 0) is 19.2 Å². The zero-order chi connectivity index (χ0) is 28.4. The van der Waals surface area contributed by atoms with Crippen LogP contribution in [0.2, 0.25) is 0 Å². The smallest absolute Gasteiger partial charge is 0.248 e. The Bertz CT molecular complexity index is 1170. The lowest BCUT2D eigenvalue weighted by atomic mass is 10.1. The summed E-state index contributed by atoms with van der Waals surface area (Å²) in [5.74, 6) is 0.0791. The number of amides is 4. The van der Waals surface area contributed by atoms with Gasteiger partial charge in [0.25, 0.3) is 0 Å². The summed E-state index contributed by atoms with van der Waals surface area (Å²) >= 11 is 0. The molecule has 3 N–H and O–H groups in total. The molecular weight excluding hydrogens is 514 g/mol. The van der Waals surface area contributed by atoms with Gasteiger partial charge in [0.05, 0.1) is 12.1 Å². The summed E-state index contributed by atoms with van der Waals surface area (Å²) in [6.07, 6.45) is 7.55. The molecule has 4 unspecified atom stereocenters. The zero-order valence-corrected chi connectivity index (χ0v) is 22.7. The largest absolute Gasteiger partial charge is 0.331 e. The van der Waals surface area contributed by atoms with E-state index in [9.17, 15) is 24.4 Å². The number of likely N-dealkylation sites (tertiary alicyclic amines) is 2. The number of nitrogens with zero attached hydrogens (tertiary/aromatic N) is 5. The molecule has 4 amide bonds. The second-order valence-corrected chi connectivity index (χ2v) is 10.7. The van der Waals surface area contributed by atoms with Gasteiger partial charge in [-0.1, -0.05) is 12.1 Å². The molecule has 12 nitrogen and oxygen atoms in total. The van der Waals surface area contributed by atoms with Crippen LogP contribution in [0.5, 0.6) is 0 Å². The Balaban J connectivity index is 1.17. The number of nitrogens with one attached hydrogen (secondary N) is 2. The van der Waals surface area contributed by atoms with Gasteiger partial charge in [0.1, 0.15) is 23.7 Å². The number of carbonyl (C=O) groups excluding carboxylic acids is 4. The molecule has 0 aromatic carbocycles. The minimum atomic E-state index is -0.478. The molecule has 3 aliphatic heterocycles. The third-order valence-electron chi connectivity index (χ3n) is 8.12. The molecule has 0 bridgehead atoms. The van der Waals surface area contributed by atoms with Crippen molar-refractivity contribution in [2.24, 2.45) is 0 Å². The second-order valence-electron chi connectivity index (χ2n) is 10.7. The van der Waals surface area contributed by atoms with Gasteiger partial charge in [-0.25, -0.2) is 9.97 Å². The molecule has 3 fully saturated rings. The highest BCUT2D eigenvalue weighted by Crippen LogP contribution is 2.42. The number of rotatable bonds is 6. The normalized spacial score (nSPS) is 24.8. The summed E-state index contributed by atoms with van der Waals surface area (Å²) in [5.41, 5.74) is 1.63. The minimum Gasteiger partial charge on any atom is -0.331 e. The first-order chi connectivity index (χ1) is 19.2. The third-order valence-corrected chi connectivity index (χ3v) is 8.12. The average Bonchev–Trinajstić information content (AvgIpc) is 3.70. The fraction of sp³-hybridized carbons (Fsp3) is 0.500. The molecule has 3 aliphatic rings. The van der Waals surface area contributed by atoms with E-state index < -0.39 is 12.1 Å². The molecule has 2 aromatic heterocycles. The number of hydroxylamine groups is 2. The molecule has 5 heterocycles. The maximum atomic E-state index is 12.7. The van der Waals surface area contributed by atoms with Gasteiger partial charge in [-0.3, -0.25) is 19.2 Å². The Morgan fingerprint density at radius 3 is 1.50 bits per heavy atom. The summed E-state index contributed by atoms with van der Waals surface area (Å²) in [7, 11) is 0. The third kappa shape index (κ3) is 5.68. The Hall–Kier alpha value is -3.90. The van der Waals surface area contributed by atoms with Gasteiger partial charge in [0.15, 0.2) is 0 Å². The second kappa shape index (κ2) is 11.7. The van der Waals surface area contributed by atoms with Crippen LogP contribution in [0.15, 0.2) is 36.7 Å². The highest BCUT2D eigenvalue weighted by atomic mass is 16.5. The number of hydrogen-bond acceptors (Lipinski definition) is 8. The highest BCUT2D eigenvalue weighted by molar-refractivity contribution is 5.97. The monoisotopic (exact) mass is 549 g/mol. The van der Waals surface area contributed by atoms with E-state index in [0.29, 0.717) is 50.4 Å². The van der Waals surface area contributed by atoms with Crippen LogP contribution < -0.4 is 10.6 Å². The molecule has 40 heavy (non-hydrogen) atoms. The predicted molar refractivity (Wildman–Crippen MR) is 145 cm³/mol. The van der Waals surface area contributed by atoms with E-state index in [4.69, 9.17) is 0 Å². The van der Waals surface area contributed by atoms with Crippen LogP contribution in [0.4, 0.5) is 11.6 Å². The molecule has 212 valence electrons. The van der Waals surface area contributed by atoms with Crippen molar-refractivity contribution >= 4 is 35.3 Å². The van der Waals surface area contributed by atoms with Crippen LogP contribution in [0.25, 0.3) is 0 Å². The minimum absolute atomic E-state index is 0.112. The summed E-state index contributed by atoms with van der Waals surface area (Å²) in [6.45, 7) is 4.11. The fourth-order valence-electron chi connectivity index (χ4n) is 6.04. The van der Waals surface area contributed by atoms with E-state index in [1.165, 1.54) is 18.9 Å². The van der Waals surface area contributed by atoms with Crippen molar-refractivity contribution < 1.29 is 24.4 Å². The van der Waals surface area contributed by atoms with E-state index in [1.54, 1.807) is 34.3 Å². The number of hydrogen-bond donors (Lipinski definition) is 3. The number of aromatic nitrogens is 2. The number of anilines is 2. The summed E-state index contributed by atoms with van der Waals surface area (Å²) in [5, 5.41) is 17.9. The van der Waals surface area contributed by atoms with E-state index in [-0.39, 0.29) is 35.7 Å². The standard InChI is InChI=1S/C28H35N7O5/c1-17(36)33-13-3-5-23(33)27(38)31-25-11-7-19(15-29-25)21-9-10-22(35(21)40)20-8-12-26(30-16-20)32-28(39)24-6-4-14-34(24)18(2)37/h7-8,11-12,15-16,21-24,40H,3-6,9-10,13-14H2,1-2H3,(H,29,31,38)(H,30,32,39). The maximum absolute atomic E-state index is 12.7. The van der Waals surface area contributed by atoms with Gasteiger partial charge in [-0.2, -0.15) is 5.06 Å². The van der Waals surface area contributed by atoms with E-state index in [2.05, 4.69) is 20.6 Å². The molecule has 2 aromatic rings. The van der Waals surface area contributed by atoms with Crippen LogP contribution in [0.1, 0.15) is 75.6 Å². The van der Waals surface area contributed by atoms with Crippen molar-refractivity contribution in [3.05, 3.63) is 47.8 Å². The SMILES string of the molecule is CC(=O)N1CCCC1C(=O)Nc1ccc(C2CCC(c3ccc(NC(=O)C4CCCN4C(C)=O)nc3)N2O)cn1. The van der Waals surface area contributed by atoms with E-state index >= 15 is 0 Å². The molecule has 4 atom stereocenters. The van der Waals surface area contributed by atoms with Crippen molar-refractivity contribution in [3.8, 4) is 0 Å². The predicted octanol–water partition coefficient (Wildman–Crippen LogP) is 2.64. The van der Waals surface area contributed by atoms with Crippen LogP contribution in [0.3, 0.4) is 0 Å². The van der Waals surface area contributed by atoms with Crippen molar-refractivity contribution in [2.45, 2.75) is 76.5 Å². The summed E-state index contributed by atoms with van der Waals surface area (Å²) in [6, 6.07) is 5.58. The number of pyridine rings is 2. The molecule has 0 spiro atoms. The molecule has 5 rings (SSSR count). The summed E-state index contributed by atoms with van der Waals surface area (Å²) < 4.78 is 0. The van der Waals surface area contributed by atoms with E-state index in [1.807, 2.05) is 12.1 Å². The Kier molecular flexibility index (Phi) is 8.08. The van der Waals surface area contributed by atoms with Gasteiger partial charge < -0.3 is 25.6 Å². The van der Waals surface area contributed by atoms with Gasteiger partial charge >= 0.3 is 0 Å². The van der Waals surface area contributed by atoms with Crippen molar-refractivity contribution in [2.75, 3.05) is 23.7 Å². The van der Waals surface area contributed by atoms with Crippen LogP contribution in [0, 0.1) is 0 Å². The first kappa shape index (κ1) is 27.7. The molecule has 0 saturated carbocycles. The Morgan fingerprint density at radius 1 is 0.725 bits per heavy atom. The quantitative estimate of drug-likeness (QED) is 0.498. The first-order valence-corrected chi connectivity index (χ1v) is 13.8. The van der Waals surface area contributed by atoms with E-state index in [0.717, 1.165) is 24.0 Å². The summed E-state index contributed by atoms with van der Waals surface area (Å²) in [4.78, 5) is 60.8. The molecular formula is C28H35N7O5. The van der Waals surface area contributed by atoms with Gasteiger partial charge in [0.2, 0.25) is 23.6 Å². The average molecular weight is 550 g/mol. The lowest BCUT2D eigenvalue weighted by Crippen LogP contribution is -2.42. The Morgan fingerprint density at radius 2 is 1.15 bits per heavy atom.